The Labute approximate surface area is 159 Å². The molecule has 1 heterocycles. The van der Waals surface area contributed by atoms with Crippen LogP contribution in [0, 0.1) is 0 Å². The van der Waals surface area contributed by atoms with Gasteiger partial charge in [0.15, 0.2) is 17.5 Å². The monoisotopic (exact) mass is 377 g/mol. The average Bonchev–Trinajstić information content (AvgIpc) is 3.18. The lowest BCUT2D eigenvalue weighted by Gasteiger charge is -2.14. The Morgan fingerprint density at radius 1 is 1.04 bits per heavy atom. The Hall–Kier alpha value is -2.41. The van der Waals surface area contributed by atoms with Gasteiger partial charge < -0.3 is 24.8 Å². The summed E-state index contributed by atoms with van der Waals surface area (Å²) in [6.45, 7) is 4.15. The van der Waals surface area contributed by atoms with Crippen molar-refractivity contribution in [2.24, 2.45) is 4.99 Å². The second-order valence-corrected chi connectivity index (χ2v) is 6.50. The zero-order valence-corrected chi connectivity index (χ0v) is 16.6. The summed E-state index contributed by atoms with van der Waals surface area (Å²) in [6.07, 6.45) is 0.974. The van der Waals surface area contributed by atoms with E-state index in [2.05, 4.69) is 33.1 Å². The van der Waals surface area contributed by atoms with Gasteiger partial charge in [0.2, 0.25) is 0 Å². The molecule has 0 aliphatic carbocycles. The van der Waals surface area contributed by atoms with Gasteiger partial charge in [0.1, 0.15) is 5.75 Å². The van der Waals surface area contributed by atoms with Crippen molar-refractivity contribution in [2.75, 3.05) is 34.4 Å². The first-order valence-electron chi connectivity index (χ1n) is 8.55. The van der Waals surface area contributed by atoms with Gasteiger partial charge in [-0.1, -0.05) is 6.07 Å². The lowest BCUT2D eigenvalue weighted by Crippen LogP contribution is -2.38. The van der Waals surface area contributed by atoms with Crippen LogP contribution in [0.25, 0.3) is 0 Å². The summed E-state index contributed by atoms with van der Waals surface area (Å²) >= 11 is 1.77. The smallest absolute Gasteiger partial charge is 0.191 e. The van der Waals surface area contributed by atoms with E-state index >= 15 is 0 Å². The molecule has 26 heavy (non-hydrogen) atoms. The molecule has 1 aromatic carbocycles. The predicted molar refractivity (Wildman–Crippen MR) is 107 cm³/mol. The summed E-state index contributed by atoms with van der Waals surface area (Å²) in [5, 5.41) is 8.73. The second kappa shape index (κ2) is 10.6. The highest BCUT2D eigenvalue weighted by molar-refractivity contribution is 7.09. The highest BCUT2D eigenvalue weighted by Gasteiger charge is 2.11. The summed E-state index contributed by atoms with van der Waals surface area (Å²) in [6, 6.07) is 7.94. The van der Waals surface area contributed by atoms with E-state index in [4.69, 9.17) is 14.2 Å². The highest BCUT2D eigenvalue weighted by atomic mass is 32.1. The number of hydrogen-bond donors (Lipinski definition) is 2. The molecule has 7 heteroatoms. The third-order valence-electron chi connectivity index (χ3n) is 3.78. The van der Waals surface area contributed by atoms with E-state index in [-0.39, 0.29) is 0 Å². The molecule has 142 valence electrons. The minimum absolute atomic E-state index is 0.470. The zero-order valence-electron chi connectivity index (χ0n) is 15.8. The number of benzene rings is 1. The molecule has 2 aromatic rings. The molecule has 0 aliphatic rings. The number of nitrogens with zero attached hydrogens (tertiary/aromatic N) is 1. The SMILES string of the molecule is CCNC(=NCc1cc(OC)c(OC)cc1OC)NCCc1cccs1. The Balaban J connectivity index is 2.07. The van der Waals surface area contributed by atoms with E-state index in [1.54, 1.807) is 32.7 Å². The molecule has 0 bridgehead atoms. The van der Waals surface area contributed by atoms with Crippen molar-refractivity contribution in [2.45, 2.75) is 19.9 Å². The lowest BCUT2D eigenvalue weighted by molar-refractivity contribution is 0.347. The van der Waals surface area contributed by atoms with Crippen LogP contribution in [-0.2, 0) is 13.0 Å². The van der Waals surface area contributed by atoms with Crippen molar-refractivity contribution >= 4 is 17.3 Å². The first-order valence-corrected chi connectivity index (χ1v) is 9.43. The molecule has 0 spiro atoms. The van der Waals surface area contributed by atoms with Crippen LogP contribution in [0.15, 0.2) is 34.6 Å². The Morgan fingerprint density at radius 3 is 2.38 bits per heavy atom. The van der Waals surface area contributed by atoms with Gasteiger partial charge in [-0.3, -0.25) is 0 Å². The van der Waals surface area contributed by atoms with Gasteiger partial charge in [0, 0.05) is 29.6 Å². The maximum Gasteiger partial charge on any atom is 0.191 e. The molecule has 0 fully saturated rings. The number of methoxy groups -OCH3 is 3. The average molecular weight is 378 g/mol. The number of nitrogens with one attached hydrogen (secondary N) is 2. The normalized spacial score (nSPS) is 11.2. The summed E-state index contributed by atoms with van der Waals surface area (Å²) < 4.78 is 16.2. The predicted octanol–water partition coefficient (Wildman–Crippen LogP) is 3.07. The van der Waals surface area contributed by atoms with Crippen LogP contribution in [0.4, 0.5) is 0 Å². The van der Waals surface area contributed by atoms with Gasteiger partial charge in [-0.2, -0.15) is 0 Å². The quantitative estimate of drug-likeness (QED) is 0.519. The Morgan fingerprint density at radius 2 is 1.77 bits per heavy atom. The van der Waals surface area contributed by atoms with E-state index in [1.807, 2.05) is 19.1 Å². The number of aliphatic imine (C=N–C) groups is 1. The van der Waals surface area contributed by atoms with Crippen molar-refractivity contribution in [3.8, 4) is 17.2 Å². The molecule has 1 aromatic heterocycles. The van der Waals surface area contributed by atoms with E-state index < -0.39 is 0 Å². The second-order valence-electron chi connectivity index (χ2n) is 5.47. The molecule has 0 unspecified atom stereocenters. The third kappa shape index (κ3) is 5.56. The van der Waals surface area contributed by atoms with Crippen molar-refractivity contribution < 1.29 is 14.2 Å². The molecular weight excluding hydrogens is 350 g/mol. The Kier molecular flexibility index (Phi) is 8.08. The third-order valence-corrected chi connectivity index (χ3v) is 4.72. The molecule has 0 saturated heterocycles. The minimum Gasteiger partial charge on any atom is -0.496 e. The number of guanidine groups is 1. The summed E-state index contributed by atoms with van der Waals surface area (Å²) in [5.74, 6) is 2.80. The molecule has 6 nitrogen and oxygen atoms in total. The fourth-order valence-corrected chi connectivity index (χ4v) is 3.19. The van der Waals surface area contributed by atoms with Crippen molar-refractivity contribution in [3.05, 3.63) is 40.1 Å². The molecule has 2 N–H and O–H groups in total. The molecular formula is C19H27N3O3S. The number of thiophene rings is 1. The number of rotatable bonds is 9. The fourth-order valence-electron chi connectivity index (χ4n) is 2.48. The van der Waals surface area contributed by atoms with Crippen molar-refractivity contribution in [3.63, 3.8) is 0 Å². The maximum atomic E-state index is 5.47. The Bertz CT molecular complexity index is 702. The van der Waals surface area contributed by atoms with Crippen LogP contribution in [0.1, 0.15) is 17.4 Å². The first kappa shape index (κ1) is 19.9. The van der Waals surface area contributed by atoms with Gasteiger partial charge in [-0.25, -0.2) is 4.99 Å². The van der Waals surface area contributed by atoms with Crippen LogP contribution >= 0.6 is 11.3 Å². The molecule has 0 aliphatic heterocycles. The van der Waals surface area contributed by atoms with E-state index in [0.717, 1.165) is 36.8 Å². The van der Waals surface area contributed by atoms with Gasteiger partial charge in [0.25, 0.3) is 0 Å². The minimum atomic E-state index is 0.470. The van der Waals surface area contributed by atoms with Gasteiger partial charge in [-0.15, -0.1) is 11.3 Å². The van der Waals surface area contributed by atoms with Gasteiger partial charge in [-0.05, 0) is 30.9 Å². The molecule has 0 radical (unpaired) electrons. The first-order chi connectivity index (χ1) is 12.7. The van der Waals surface area contributed by atoms with Crippen LogP contribution < -0.4 is 24.8 Å². The van der Waals surface area contributed by atoms with Crippen LogP contribution in [0.3, 0.4) is 0 Å². The van der Waals surface area contributed by atoms with Crippen LogP contribution in [0.2, 0.25) is 0 Å². The number of ether oxygens (including phenoxy) is 3. The van der Waals surface area contributed by atoms with Crippen molar-refractivity contribution in [1.29, 1.82) is 0 Å². The topological polar surface area (TPSA) is 64.1 Å². The summed E-state index contributed by atoms with van der Waals surface area (Å²) in [4.78, 5) is 6.02. The molecule has 0 saturated carbocycles. The highest BCUT2D eigenvalue weighted by Crippen LogP contribution is 2.34. The largest absolute Gasteiger partial charge is 0.496 e. The number of hydrogen-bond acceptors (Lipinski definition) is 5. The van der Waals surface area contributed by atoms with Gasteiger partial charge >= 0.3 is 0 Å². The van der Waals surface area contributed by atoms with Gasteiger partial charge in [0.05, 0.1) is 27.9 Å². The van der Waals surface area contributed by atoms with Crippen molar-refractivity contribution in [1.82, 2.24) is 10.6 Å². The summed E-state index contributed by atoms with van der Waals surface area (Å²) in [7, 11) is 4.86. The maximum absolute atomic E-state index is 5.47. The fraction of sp³-hybridized carbons (Fsp3) is 0.421. The standard InChI is InChI=1S/C19H27N3O3S/c1-5-20-19(21-9-8-15-7-6-10-26-15)22-13-14-11-17(24-3)18(25-4)12-16(14)23-2/h6-7,10-12H,5,8-9,13H2,1-4H3,(H2,20,21,22). The van der Waals surface area contributed by atoms with E-state index in [0.29, 0.717) is 18.0 Å². The van der Waals surface area contributed by atoms with Crippen LogP contribution in [0.5, 0.6) is 17.2 Å². The zero-order chi connectivity index (χ0) is 18.8. The molecule has 0 atom stereocenters. The lowest BCUT2D eigenvalue weighted by atomic mass is 10.1. The van der Waals surface area contributed by atoms with Crippen LogP contribution in [-0.4, -0.2) is 40.4 Å². The summed E-state index contributed by atoms with van der Waals surface area (Å²) in [5.41, 5.74) is 0.931. The molecule has 0 amide bonds. The molecule has 2 rings (SSSR count). The van der Waals surface area contributed by atoms with E-state index in [9.17, 15) is 0 Å². The van der Waals surface area contributed by atoms with E-state index in [1.165, 1.54) is 4.88 Å².